The molecule has 0 spiro atoms. The van der Waals surface area contributed by atoms with Gasteiger partial charge in [-0.2, -0.15) is 6.07 Å². The zero-order valence-corrected chi connectivity index (χ0v) is 12.4. The van der Waals surface area contributed by atoms with E-state index in [0.29, 0.717) is 0 Å². The van der Waals surface area contributed by atoms with Crippen LogP contribution in [0.2, 0.25) is 0 Å². The first-order valence-electron chi connectivity index (χ1n) is 7.81. The number of rotatable bonds is 2. The maximum absolute atomic E-state index is 2.43. The number of hydrogen-bond acceptors (Lipinski definition) is 0. The fourth-order valence-electron chi connectivity index (χ4n) is 4.06. The number of benzene rings is 1. The summed E-state index contributed by atoms with van der Waals surface area (Å²) in [5, 5.41) is 2.91. The fraction of sp³-hybridized carbons (Fsp3) is 0.526. The van der Waals surface area contributed by atoms with Gasteiger partial charge in [-0.3, -0.25) is 0 Å². The van der Waals surface area contributed by atoms with Crippen LogP contribution in [-0.4, -0.2) is 0 Å². The van der Waals surface area contributed by atoms with Gasteiger partial charge in [0.25, 0.3) is 0 Å². The van der Waals surface area contributed by atoms with Gasteiger partial charge >= 0.3 is 0 Å². The van der Waals surface area contributed by atoms with Crippen LogP contribution < -0.4 is 0 Å². The maximum atomic E-state index is 2.43. The molecule has 19 heavy (non-hydrogen) atoms. The van der Waals surface area contributed by atoms with Crippen molar-refractivity contribution in [1.29, 1.82) is 0 Å². The fourth-order valence-corrected chi connectivity index (χ4v) is 4.06. The second kappa shape index (κ2) is 5.07. The normalized spacial score (nSPS) is 28.1. The molecule has 0 saturated heterocycles. The minimum atomic E-state index is 0.767. The summed E-state index contributed by atoms with van der Waals surface area (Å²) >= 11 is 0. The standard InChI is InChI=1S/C19H25/c1-13(2)16-10-8-14(3)12-19(16)18-11-9-15-6-4-5-7-17(15)18/h4-7,9,11,13-14,16,19H,8,10,12H2,1-3H3/q-1/t14-,16?,19?/m0/s1. The van der Waals surface area contributed by atoms with Gasteiger partial charge in [-0.15, -0.1) is 40.6 Å². The lowest BCUT2D eigenvalue weighted by atomic mass is 9.67. The van der Waals surface area contributed by atoms with E-state index in [-0.39, 0.29) is 0 Å². The molecule has 0 heterocycles. The predicted octanol–water partition coefficient (Wildman–Crippen LogP) is 5.73. The van der Waals surface area contributed by atoms with Gasteiger partial charge in [0.05, 0.1) is 0 Å². The molecule has 1 aliphatic rings. The van der Waals surface area contributed by atoms with Crippen molar-refractivity contribution in [2.45, 2.75) is 46.0 Å². The Morgan fingerprint density at radius 2 is 1.89 bits per heavy atom. The Kier molecular flexibility index (Phi) is 3.43. The predicted molar refractivity (Wildman–Crippen MR) is 83.6 cm³/mol. The summed E-state index contributed by atoms with van der Waals surface area (Å²) in [5.74, 6) is 3.31. The molecule has 1 saturated carbocycles. The van der Waals surface area contributed by atoms with Crippen LogP contribution in [0.3, 0.4) is 0 Å². The van der Waals surface area contributed by atoms with Crippen LogP contribution in [0.15, 0.2) is 36.4 Å². The lowest BCUT2D eigenvalue weighted by Crippen LogP contribution is -2.25. The molecule has 1 aliphatic carbocycles. The zero-order valence-electron chi connectivity index (χ0n) is 12.4. The van der Waals surface area contributed by atoms with Crippen LogP contribution in [0.25, 0.3) is 10.8 Å². The summed E-state index contributed by atoms with van der Waals surface area (Å²) < 4.78 is 0. The van der Waals surface area contributed by atoms with Crippen molar-refractivity contribution in [2.24, 2.45) is 17.8 Å². The van der Waals surface area contributed by atoms with Gasteiger partial charge in [0, 0.05) is 0 Å². The van der Waals surface area contributed by atoms with E-state index in [1.165, 1.54) is 30.0 Å². The van der Waals surface area contributed by atoms with Gasteiger partial charge in [-0.25, -0.2) is 0 Å². The second-order valence-electron chi connectivity index (χ2n) is 6.81. The van der Waals surface area contributed by atoms with Crippen molar-refractivity contribution in [2.75, 3.05) is 0 Å². The highest BCUT2D eigenvalue weighted by Crippen LogP contribution is 2.46. The summed E-state index contributed by atoms with van der Waals surface area (Å²) in [6.07, 6.45) is 4.19. The Labute approximate surface area is 117 Å². The highest BCUT2D eigenvalue weighted by Gasteiger charge is 2.30. The molecule has 0 heteroatoms. The van der Waals surface area contributed by atoms with Crippen LogP contribution in [0.4, 0.5) is 0 Å². The van der Waals surface area contributed by atoms with E-state index >= 15 is 0 Å². The topological polar surface area (TPSA) is 0 Å². The van der Waals surface area contributed by atoms with Crippen molar-refractivity contribution >= 4 is 10.8 Å². The smallest absolute Gasteiger partial charge is 0.0402 e. The summed E-state index contributed by atoms with van der Waals surface area (Å²) in [5.41, 5.74) is 1.61. The highest BCUT2D eigenvalue weighted by molar-refractivity contribution is 5.88. The lowest BCUT2D eigenvalue weighted by Gasteiger charge is -2.39. The van der Waals surface area contributed by atoms with E-state index in [1.54, 1.807) is 5.56 Å². The van der Waals surface area contributed by atoms with Gasteiger partial charge in [0.1, 0.15) is 0 Å². The molecule has 2 aromatic rings. The van der Waals surface area contributed by atoms with Crippen molar-refractivity contribution in [3.05, 3.63) is 42.0 Å². The molecule has 1 fully saturated rings. The zero-order chi connectivity index (χ0) is 13.4. The molecule has 3 atom stereocenters. The molecule has 3 rings (SSSR count). The number of hydrogen-bond donors (Lipinski definition) is 0. The van der Waals surface area contributed by atoms with Crippen LogP contribution in [-0.2, 0) is 0 Å². The summed E-state index contributed by atoms with van der Waals surface area (Å²) in [4.78, 5) is 0. The molecule has 0 bridgehead atoms. The molecule has 0 amide bonds. The van der Waals surface area contributed by atoms with Crippen molar-refractivity contribution < 1.29 is 0 Å². The summed E-state index contributed by atoms with van der Waals surface area (Å²) in [6, 6.07) is 13.6. The first-order chi connectivity index (χ1) is 9.16. The third kappa shape index (κ3) is 2.33. The Morgan fingerprint density at radius 1 is 1.11 bits per heavy atom. The summed E-state index contributed by atoms with van der Waals surface area (Å²) in [7, 11) is 0. The van der Waals surface area contributed by atoms with Gasteiger partial charge in [0.2, 0.25) is 0 Å². The minimum Gasteiger partial charge on any atom is -0.168 e. The van der Waals surface area contributed by atoms with E-state index in [4.69, 9.17) is 0 Å². The average molecular weight is 253 g/mol. The van der Waals surface area contributed by atoms with Crippen LogP contribution in [0.1, 0.15) is 51.5 Å². The van der Waals surface area contributed by atoms with Gasteiger partial charge in [-0.1, -0.05) is 46.1 Å². The molecule has 2 unspecified atom stereocenters. The molecular weight excluding hydrogens is 228 g/mol. The van der Waals surface area contributed by atoms with E-state index in [1.807, 2.05) is 0 Å². The monoisotopic (exact) mass is 253 g/mol. The van der Waals surface area contributed by atoms with E-state index < -0.39 is 0 Å². The van der Waals surface area contributed by atoms with Crippen molar-refractivity contribution in [3.63, 3.8) is 0 Å². The molecule has 0 radical (unpaired) electrons. The molecule has 102 valence electrons. The average Bonchev–Trinajstić information content (AvgIpc) is 2.82. The Bertz CT molecular complexity index is 546. The second-order valence-corrected chi connectivity index (χ2v) is 6.81. The molecule has 0 aliphatic heterocycles. The SMILES string of the molecule is CC(C)C1CC[C@H](C)CC1[c-]1ccc2ccccc21. The molecule has 0 N–H and O–H groups in total. The number of fused-ring (bicyclic) bond motifs is 1. The van der Waals surface area contributed by atoms with Crippen LogP contribution >= 0.6 is 0 Å². The minimum absolute atomic E-state index is 0.767. The summed E-state index contributed by atoms with van der Waals surface area (Å²) in [6.45, 7) is 7.23. The largest absolute Gasteiger partial charge is 0.168 e. The first kappa shape index (κ1) is 12.8. The van der Waals surface area contributed by atoms with Crippen molar-refractivity contribution in [1.82, 2.24) is 0 Å². The third-order valence-electron chi connectivity index (χ3n) is 5.14. The highest BCUT2D eigenvalue weighted by atomic mass is 14.4. The lowest BCUT2D eigenvalue weighted by molar-refractivity contribution is 0.198. The van der Waals surface area contributed by atoms with Gasteiger partial charge in [-0.05, 0) is 23.7 Å². The van der Waals surface area contributed by atoms with Crippen LogP contribution in [0, 0.1) is 17.8 Å². The molecule has 0 aromatic heterocycles. The van der Waals surface area contributed by atoms with Crippen LogP contribution in [0.5, 0.6) is 0 Å². The Balaban J connectivity index is 2.02. The Morgan fingerprint density at radius 3 is 2.68 bits per heavy atom. The molecular formula is C19H25-. The Hall–Kier alpha value is -1.17. The van der Waals surface area contributed by atoms with Gasteiger partial charge in [0.15, 0.2) is 0 Å². The molecule has 2 aromatic carbocycles. The van der Waals surface area contributed by atoms with Crippen molar-refractivity contribution in [3.8, 4) is 0 Å². The maximum Gasteiger partial charge on any atom is -0.0402 e. The molecule has 0 nitrogen and oxygen atoms in total. The van der Waals surface area contributed by atoms with E-state index in [0.717, 1.165) is 23.7 Å². The van der Waals surface area contributed by atoms with E-state index in [9.17, 15) is 0 Å². The van der Waals surface area contributed by atoms with Gasteiger partial charge < -0.3 is 0 Å². The third-order valence-corrected chi connectivity index (χ3v) is 5.14. The quantitative estimate of drug-likeness (QED) is 0.599. The first-order valence-corrected chi connectivity index (χ1v) is 7.81. The van der Waals surface area contributed by atoms with E-state index in [2.05, 4.69) is 57.2 Å².